The molecular formula is C17H30N6O2S. The van der Waals surface area contributed by atoms with E-state index in [1.807, 2.05) is 0 Å². The second-order valence-electron chi connectivity index (χ2n) is 6.09. The summed E-state index contributed by atoms with van der Waals surface area (Å²) in [4.78, 5) is 25.2. The summed E-state index contributed by atoms with van der Waals surface area (Å²) in [6, 6.07) is 0. The molecule has 0 aromatic carbocycles. The third-order valence-electron chi connectivity index (χ3n) is 4.21. The molecule has 8 nitrogen and oxygen atoms in total. The Hall–Kier alpha value is -1.71. The Balaban J connectivity index is 1.72. The van der Waals surface area contributed by atoms with E-state index < -0.39 is 0 Å². The van der Waals surface area contributed by atoms with Crippen LogP contribution in [0.15, 0.2) is 10.4 Å². The van der Waals surface area contributed by atoms with Crippen LogP contribution in [0.2, 0.25) is 0 Å². The highest BCUT2D eigenvalue weighted by atomic mass is 32.1. The van der Waals surface area contributed by atoms with Crippen molar-refractivity contribution in [1.29, 1.82) is 0 Å². The second kappa shape index (κ2) is 11.1. The van der Waals surface area contributed by atoms with Crippen molar-refractivity contribution in [3.05, 3.63) is 16.1 Å². The van der Waals surface area contributed by atoms with E-state index in [1.54, 1.807) is 25.5 Å². The average Bonchev–Trinajstić information content (AvgIpc) is 3.12. The number of hydrogen-bond donors (Lipinski definition) is 2. The second-order valence-corrected chi connectivity index (χ2v) is 7.04. The Morgan fingerprint density at radius 1 is 1.35 bits per heavy atom. The molecule has 1 aliphatic rings. The van der Waals surface area contributed by atoms with Crippen LogP contribution in [-0.4, -0.2) is 86.7 Å². The summed E-state index contributed by atoms with van der Waals surface area (Å²) in [6.45, 7) is 7.72. The quantitative estimate of drug-likeness (QED) is 0.379. The first kappa shape index (κ1) is 20.6. The van der Waals surface area contributed by atoms with Gasteiger partial charge < -0.3 is 20.3 Å². The molecule has 0 aliphatic carbocycles. The number of rotatable bonds is 8. The number of nitrogens with one attached hydrogen (secondary N) is 2. The molecule has 1 amide bonds. The van der Waals surface area contributed by atoms with Crippen molar-refractivity contribution in [2.75, 3.05) is 60.0 Å². The Morgan fingerprint density at radius 2 is 2.12 bits per heavy atom. The highest BCUT2D eigenvalue weighted by Gasteiger charge is 2.21. The molecule has 1 fully saturated rings. The number of hydrogen-bond acceptors (Lipinski definition) is 6. The molecule has 0 saturated carbocycles. The monoisotopic (exact) mass is 382 g/mol. The van der Waals surface area contributed by atoms with Gasteiger partial charge in [0.2, 0.25) is 5.91 Å². The first-order valence-electron chi connectivity index (χ1n) is 9.03. The zero-order valence-corrected chi connectivity index (χ0v) is 16.8. The highest BCUT2D eigenvalue weighted by molar-refractivity contribution is 7.09. The molecule has 0 unspecified atom stereocenters. The van der Waals surface area contributed by atoms with Gasteiger partial charge in [-0.15, -0.1) is 11.3 Å². The standard InChI is InChI=1S/C17H30N6O2S/c1-4-16-21-14(13-26-16)11-20-17(18-2)23-8-6-22(7-9-23)12-15(24)19-5-10-25-3/h13H,4-12H2,1-3H3,(H,18,20)(H,19,24). The number of carbonyl (C=O) groups is 1. The van der Waals surface area contributed by atoms with Crippen LogP contribution in [0.3, 0.4) is 0 Å². The fourth-order valence-corrected chi connectivity index (χ4v) is 3.51. The summed E-state index contributed by atoms with van der Waals surface area (Å²) in [5.74, 6) is 0.938. The number of carbonyl (C=O) groups excluding carboxylic acids is 1. The maximum absolute atomic E-state index is 11.9. The van der Waals surface area contributed by atoms with Gasteiger partial charge in [0.25, 0.3) is 0 Å². The van der Waals surface area contributed by atoms with Crippen molar-refractivity contribution >= 4 is 23.2 Å². The minimum atomic E-state index is 0.0493. The third-order valence-corrected chi connectivity index (χ3v) is 5.25. The largest absolute Gasteiger partial charge is 0.383 e. The van der Waals surface area contributed by atoms with Crippen molar-refractivity contribution in [2.45, 2.75) is 19.9 Å². The Bertz CT molecular complexity index is 584. The van der Waals surface area contributed by atoms with Crippen LogP contribution in [-0.2, 0) is 22.5 Å². The number of piperazine rings is 1. The number of amides is 1. The Morgan fingerprint density at radius 3 is 2.73 bits per heavy atom. The molecule has 1 saturated heterocycles. The number of aryl methyl sites for hydroxylation is 1. The molecule has 0 bridgehead atoms. The molecule has 0 spiro atoms. The van der Waals surface area contributed by atoms with Crippen LogP contribution in [0, 0.1) is 0 Å². The zero-order valence-electron chi connectivity index (χ0n) is 16.0. The third kappa shape index (κ3) is 6.54. The number of methoxy groups -OCH3 is 1. The number of nitrogens with zero attached hydrogens (tertiary/aromatic N) is 4. The molecule has 146 valence electrons. The Kier molecular flexibility index (Phi) is 8.79. The molecule has 1 aromatic heterocycles. The first-order valence-corrected chi connectivity index (χ1v) is 9.91. The summed E-state index contributed by atoms with van der Waals surface area (Å²) in [5.41, 5.74) is 1.05. The van der Waals surface area contributed by atoms with Crippen molar-refractivity contribution in [3.63, 3.8) is 0 Å². The number of aliphatic imine (C=N–C) groups is 1. The van der Waals surface area contributed by atoms with E-state index in [9.17, 15) is 4.79 Å². The summed E-state index contributed by atoms with van der Waals surface area (Å²) in [6.07, 6.45) is 0.973. The predicted octanol–water partition coefficient (Wildman–Crippen LogP) is 0.161. The van der Waals surface area contributed by atoms with Gasteiger partial charge in [0.05, 0.1) is 30.4 Å². The molecule has 26 heavy (non-hydrogen) atoms. The van der Waals surface area contributed by atoms with Gasteiger partial charge in [0.1, 0.15) is 0 Å². The van der Waals surface area contributed by atoms with Gasteiger partial charge >= 0.3 is 0 Å². The van der Waals surface area contributed by atoms with E-state index in [2.05, 4.69) is 42.7 Å². The first-order chi connectivity index (χ1) is 12.7. The SMILES string of the molecule is CCc1nc(CNC(=NC)N2CCN(CC(=O)NCCOC)CC2)cs1. The fraction of sp³-hybridized carbons (Fsp3) is 0.706. The molecule has 0 atom stereocenters. The molecular weight excluding hydrogens is 352 g/mol. The maximum atomic E-state index is 11.9. The number of thiazole rings is 1. The van der Waals surface area contributed by atoms with Gasteiger partial charge in [-0.25, -0.2) is 4.98 Å². The summed E-state index contributed by atoms with van der Waals surface area (Å²) >= 11 is 1.70. The van der Waals surface area contributed by atoms with E-state index in [1.165, 1.54) is 0 Å². The number of aromatic nitrogens is 1. The lowest BCUT2D eigenvalue weighted by Crippen LogP contribution is -2.54. The molecule has 1 aromatic rings. The average molecular weight is 383 g/mol. The van der Waals surface area contributed by atoms with E-state index in [4.69, 9.17) is 4.74 Å². The highest BCUT2D eigenvalue weighted by Crippen LogP contribution is 2.10. The van der Waals surface area contributed by atoms with E-state index in [0.717, 1.165) is 49.3 Å². The van der Waals surface area contributed by atoms with E-state index >= 15 is 0 Å². The normalized spacial score (nSPS) is 16.0. The number of ether oxygens (including phenoxy) is 1. The topological polar surface area (TPSA) is 82.1 Å². The zero-order chi connectivity index (χ0) is 18.8. The van der Waals surface area contributed by atoms with Crippen molar-refractivity contribution in [3.8, 4) is 0 Å². The smallest absolute Gasteiger partial charge is 0.234 e. The van der Waals surface area contributed by atoms with Crippen molar-refractivity contribution in [2.24, 2.45) is 4.99 Å². The molecule has 2 N–H and O–H groups in total. The van der Waals surface area contributed by atoms with Crippen molar-refractivity contribution in [1.82, 2.24) is 25.4 Å². The maximum Gasteiger partial charge on any atom is 0.234 e. The van der Waals surface area contributed by atoms with Gasteiger partial charge in [-0.2, -0.15) is 0 Å². The fourth-order valence-electron chi connectivity index (χ4n) is 2.76. The molecule has 9 heteroatoms. The van der Waals surface area contributed by atoms with Crippen LogP contribution < -0.4 is 10.6 Å². The Labute approximate surface area is 159 Å². The van der Waals surface area contributed by atoms with Crippen LogP contribution in [0.4, 0.5) is 0 Å². The summed E-state index contributed by atoms with van der Waals surface area (Å²) in [5, 5.41) is 9.51. The van der Waals surface area contributed by atoms with Gasteiger partial charge in [-0.3, -0.25) is 14.7 Å². The van der Waals surface area contributed by atoms with Crippen LogP contribution >= 0.6 is 11.3 Å². The summed E-state index contributed by atoms with van der Waals surface area (Å²) < 4.78 is 4.94. The molecule has 0 radical (unpaired) electrons. The lowest BCUT2D eigenvalue weighted by atomic mass is 10.3. The summed E-state index contributed by atoms with van der Waals surface area (Å²) in [7, 11) is 3.43. The van der Waals surface area contributed by atoms with Gasteiger partial charge in [0.15, 0.2) is 5.96 Å². The molecule has 2 heterocycles. The predicted molar refractivity (Wildman–Crippen MR) is 105 cm³/mol. The number of guanidine groups is 1. The van der Waals surface area contributed by atoms with Gasteiger partial charge in [-0.1, -0.05) is 6.92 Å². The van der Waals surface area contributed by atoms with E-state index in [-0.39, 0.29) is 5.91 Å². The minimum absolute atomic E-state index is 0.0493. The van der Waals surface area contributed by atoms with Crippen LogP contribution in [0.1, 0.15) is 17.6 Å². The van der Waals surface area contributed by atoms with Gasteiger partial charge in [-0.05, 0) is 6.42 Å². The van der Waals surface area contributed by atoms with E-state index in [0.29, 0.717) is 26.2 Å². The lowest BCUT2D eigenvalue weighted by Gasteiger charge is -2.36. The van der Waals surface area contributed by atoms with Crippen molar-refractivity contribution < 1.29 is 9.53 Å². The molecule has 2 rings (SSSR count). The van der Waals surface area contributed by atoms with Crippen LogP contribution in [0.25, 0.3) is 0 Å². The minimum Gasteiger partial charge on any atom is -0.383 e. The van der Waals surface area contributed by atoms with Crippen LogP contribution in [0.5, 0.6) is 0 Å². The van der Waals surface area contributed by atoms with Gasteiger partial charge in [0, 0.05) is 52.3 Å². The lowest BCUT2D eigenvalue weighted by molar-refractivity contribution is -0.122. The molecule has 1 aliphatic heterocycles.